The molecule has 1 rings (SSSR count). The maximum atomic E-state index is 13.7. The van der Waals surface area contributed by atoms with Crippen molar-refractivity contribution in [2.45, 2.75) is 13.3 Å². The second-order valence-corrected chi connectivity index (χ2v) is 4.18. The lowest BCUT2D eigenvalue weighted by molar-refractivity contribution is -0.142. The van der Waals surface area contributed by atoms with Gasteiger partial charge in [-0.2, -0.15) is 5.26 Å². The third-order valence-electron chi connectivity index (χ3n) is 2.15. The smallest absolute Gasteiger partial charge is 0.307 e. The number of carbonyl (C=O) groups excluding carboxylic acids is 1. The first-order valence-corrected chi connectivity index (χ1v) is 6.17. The molecule has 0 aliphatic heterocycles. The normalized spacial score (nSPS) is 9.67. The van der Waals surface area contributed by atoms with E-state index in [2.05, 4.69) is 21.2 Å². The molecule has 0 aliphatic rings. The van der Waals surface area contributed by atoms with Gasteiger partial charge >= 0.3 is 5.97 Å². The van der Waals surface area contributed by atoms with Crippen LogP contribution in [0.25, 0.3) is 0 Å². The lowest BCUT2D eigenvalue weighted by atomic mass is 10.2. The number of carbonyl (C=O) groups is 1. The first-order chi connectivity index (χ1) is 8.60. The number of hydrogen-bond acceptors (Lipinski definition) is 4. The van der Waals surface area contributed by atoms with Gasteiger partial charge in [0, 0.05) is 6.54 Å². The van der Waals surface area contributed by atoms with Crippen LogP contribution < -0.4 is 5.32 Å². The Morgan fingerprint density at radius 1 is 1.61 bits per heavy atom. The molecule has 1 aromatic carbocycles. The first-order valence-electron chi connectivity index (χ1n) is 5.37. The minimum absolute atomic E-state index is 0.117. The summed E-state index contributed by atoms with van der Waals surface area (Å²) in [6, 6.07) is 4.83. The third kappa shape index (κ3) is 3.70. The first kappa shape index (κ1) is 14.5. The molecule has 0 aromatic heterocycles. The van der Waals surface area contributed by atoms with Gasteiger partial charge in [-0.15, -0.1) is 0 Å². The summed E-state index contributed by atoms with van der Waals surface area (Å²) >= 11 is 3.01. The highest BCUT2D eigenvalue weighted by Gasteiger charge is 2.11. The van der Waals surface area contributed by atoms with Crippen LogP contribution in [-0.4, -0.2) is 19.1 Å². The summed E-state index contributed by atoms with van der Waals surface area (Å²) in [5.74, 6) is -0.879. The van der Waals surface area contributed by atoms with E-state index in [0.29, 0.717) is 6.61 Å². The number of esters is 1. The highest BCUT2D eigenvalue weighted by molar-refractivity contribution is 9.10. The molecule has 0 amide bonds. The second kappa shape index (κ2) is 6.97. The quantitative estimate of drug-likeness (QED) is 0.849. The molecule has 0 fully saturated rings. The van der Waals surface area contributed by atoms with Crippen LogP contribution >= 0.6 is 15.9 Å². The van der Waals surface area contributed by atoms with Crippen molar-refractivity contribution in [3.05, 3.63) is 28.0 Å². The van der Waals surface area contributed by atoms with E-state index in [0.717, 1.165) is 0 Å². The number of rotatable bonds is 5. The molecule has 0 unspecified atom stereocenters. The van der Waals surface area contributed by atoms with E-state index in [1.54, 1.807) is 6.92 Å². The van der Waals surface area contributed by atoms with Crippen molar-refractivity contribution >= 4 is 27.6 Å². The van der Waals surface area contributed by atoms with E-state index < -0.39 is 5.82 Å². The molecule has 0 atom stereocenters. The van der Waals surface area contributed by atoms with Crippen molar-refractivity contribution in [2.75, 3.05) is 18.5 Å². The average molecular weight is 315 g/mol. The molecule has 0 aliphatic carbocycles. The minimum Gasteiger partial charge on any atom is -0.466 e. The fourth-order valence-electron chi connectivity index (χ4n) is 1.30. The molecule has 1 N–H and O–H groups in total. The maximum absolute atomic E-state index is 13.7. The lowest BCUT2D eigenvalue weighted by Gasteiger charge is -2.09. The topological polar surface area (TPSA) is 62.1 Å². The molecule has 6 heteroatoms. The number of nitrogens with one attached hydrogen (secondary N) is 1. The van der Waals surface area contributed by atoms with Crippen molar-refractivity contribution < 1.29 is 13.9 Å². The van der Waals surface area contributed by atoms with E-state index >= 15 is 0 Å². The largest absolute Gasteiger partial charge is 0.466 e. The van der Waals surface area contributed by atoms with Crippen LogP contribution in [0.2, 0.25) is 0 Å². The van der Waals surface area contributed by atoms with Crippen molar-refractivity contribution in [1.29, 1.82) is 5.26 Å². The molecule has 0 saturated heterocycles. The summed E-state index contributed by atoms with van der Waals surface area (Å²) in [6.45, 7) is 2.33. The van der Waals surface area contributed by atoms with E-state index in [9.17, 15) is 9.18 Å². The molecule has 0 spiro atoms. The number of nitrogens with zero attached hydrogens (tertiary/aromatic N) is 1. The van der Waals surface area contributed by atoms with Gasteiger partial charge < -0.3 is 10.1 Å². The molecule has 96 valence electrons. The Bertz CT molecular complexity index is 486. The van der Waals surface area contributed by atoms with E-state index in [1.165, 1.54) is 12.1 Å². The number of benzene rings is 1. The number of ether oxygens (including phenoxy) is 1. The summed E-state index contributed by atoms with van der Waals surface area (Å²) < 4.78 is 18.6. The molecule has 0 heterocycles. The Labute approximate surface area is 113 Å². The van der Waals surface area contributed by atoms with Gasteiger partial charge in [0.05, 0.1) is 28.8 Å². The standard InChI is InChI=1S/C12H12BrFN2O2/c1-2-18-10(17)5-6-16-9-4-3-8(7-15)11(13)12(9)14/h3-4,16H,2,5-6H2,1H3. The summed E-state index contributed by atoms with van der Waals surface area (Å²) in [5.41, 5.74) is 0.466. The van der Waals surface area contributed by atoms with Gasteiger partial charge in [-0.1, -0.05) is 0 Å². The fourth-order valence-corrected chi connectivity index (χ4v) is 1.74. The number of nitriles is 1. The zero-order chi connectivity index (χ0) is 13.5. The highest BCUT2D eigenvalue weighted by Crippen LogP contribution is 2.26. The van der Waals surface area contributed by atoms with Gasteiger partial charge in [-0.3, -0.25) is 4.79 Å². The van der Waals surface area contributed by atoms with Crippen molar-refractivity contribution in [3.63, 3.8) is 0 Å². The maximum Gasteiger partial charge on any atom is 0.307 e. The van der Waals surface area contributed by atoms with Crippen LogP contribution in [0.4, 0.5) is 10.1 Å². The molecule has 0 bridgehead atoms. The highest BCUT2D eigenvalue weighted by atomic mass is 79.9. The van der Waals surface area contributed by atoms with Gasteiger partial charge in [0.25, 0.3) is 0 Å². The minimum atomic E-state index is -0.544. The van der Waals surface area contributed by atoms with Crippen molar-refractivity contribution in [2.24, 2.45) is 0 Å². The Hall–Kier alpha value is -1.61. The van der Waals surface area contributed by atoms with Crippen LogP contribution in [0.1, 0.15) is 18.9 Å². The van der Waals surface area contributed by atoms with Crippen molar-refractivity contribution in [1.82, 2.24) is 0 Å². The lowest BCUT2D eigenvalue weighted by Crippen LogP contribution is -2.12. The molecular weight excluding hydrogens is 303 g/mol. The van der Waals surface area contributed by atoms with Gasteiger partial charge in [0.1, 0.15) is 6.07 Å². The number of anilines is 1. The van der Waals surface area contributed by atoms with E-state index in [1.807, 2.05) is 6.07 Å². The predicted octanol–water partition coefficient (Wildman–Crippen LogP) is 2.82. The van der Waals surface area contributed by atoms with Gasteiger partial charge in [-0.25, -0.2) is 4.39 Å². The number of hydrogen-bond donors (Lipinski definition) is 1. The summed E-state index contributed by atoms with van der Waals surface area (Å²) in [4.78, 5) is 11.1. The Balaban J connectivity index is 2.62. The van der Waals surface area contributed by atoms with Gasteiger partial charge in [0.2, 0.25) is 0 Å². The monoisotopic (exact) mass is 314 g/mol. The average Bonchev–Trinajstić information content (AvgIpc) is 2.35. The predicted molar refractivity (Wildman–Crippen MR) is 68.6 cm³/mol. The summed E-state index contributed by atoms with van der Waals surface area (Å²) in [5, 5.41) is 11.5. The molecule has 1 aromatic rings. The van der Waals surface area contributed by atoms with E-state index in [-0.39, 0.29) is 34.7 Å². The van der Waals surface area contributed by atoms with Crippen LogP contribution in [-0.2, 0) is 9.53 Å². The van der Waals surface area contributed by atoms with Crippen LogP contribution in [0, 0.1) is 17.1 Å². The van der Waals surface area contributed by atoms with Crippen LogP contribution in [0.5, 0.6) is 0 Å². The molecule has 0 saturated carbocycles. The summed E-state index contributed by atoms with van der Waals surface area (Å²) in [6.07, 6.45) is 0.158. The van der Waals surface area contributed by atoms with Gasteiger partial charge in [-0.05, 0) is 35.0 Å². The molecular formula is C12H12BrFN2O2. The van der Waals surface area contributed by atoms with Gasteiger partial charge in [0.15, 0.2) is 5.82 Å². The Kier molecular flexibility index (Phi) is 5.59. The summed E-state index contributed by atoms with van der Waals surface area (Å²) in [7, 11) is 0. The fraction of sp³-hybridized carbons (Fsp3) is 0.333. The SMILES string of the molecule is CCOC(=O)CCNc1ccc(C#N)c(Br)c1F. The molecule has 18 heavy (non-hydrogen) atoms. The Morgan fingerprint density at radius 3 is 2.94 bits per heavy atom. The zero-order valence-corrected chi connectivity index (χ0v) is 11.4. The van der Waals surface area contributed by atoms with E-state index in [4.69, 9.17) is 10.00 Å². The third-order valence-corrected chi connectivity index (χ3v) is 2.93. The molecule has 4 nitrogen and oxygen atoms in total. The molecule has 0 radical (unpaired) electrons. The second-order valence-electron chi connectivity index (χ2n) is 3.38. The van der Waals surface area contributed by atoms with Crippen LogP contribution in [0.3, 0.4) is 0 Å². The number of halogens is 2. The van der Waals surface area contributed by atoms with Crippen LogP contribution in [0.15, 0.2) is 16.6 Å². The van der Waals surface area contributed by atoms with Crippen molar-refractivity contribution in [3.8, 4) is 6.07 Å². The Morgan fingerprint density at radius 2 is 2.33 bits per heavy atom. The zero-order valence-electron chi connectivity index (χ0n) is 9.80.